The third-order valence-electron chi connectivity index (χ3n) is 4.93. The van der Waals surface area contributed by atoms with Gasteiger partial charge in [0.05, 0.1) is 0 Å². The quantitative estimate of drug-likeness (QED) is 0.212. The number of ketones is 1. The molecule has 3 aromatic carbocycles. The second-order valence-electron chi connectivity index (χ2n) is 7.60. The number of halogens is 7. The molecule has 190 valence electrons. The van der Waals surface area contributed by atoms with Gasteiger partial charge in [-0.2, -0.15) is 30.7 Å². The number of alkyl halides is 7. The van der Waals surface area contributed by atoms with E-state index in [1.807, 2.05) is 30.3 Å². The Bertz CT molecular complexity index is 1190. The molecular weight excluding hydrogens is 493 g/mol. The van der Waals surface area contributed by atoms with Gasteiger partial charge in [0.1, 0.15) is 13.2 Å². The van der Waals surface area contributed by atoms with Crippen LogP contribution in [0, 0.1) is 0 Å². The lowest BCUT2D eigenvalue weighted by molar-refractivity contribution is -0.342. The maximum absolute atomic E-state index is 13.6. The van der Waals surface area contributed by atoms with Gasteiger partial charge in [0.25, 0.3) is 0 Å². The van der Waals surface area contributed by atoms with Crippen LogP contribution in [0.2, 0.25) is 0 Å². The molecule has 0 unspecified atom stereocenters. The van der Waals surface area contributed by atoms with E-state index in [0.717, 1.165) is 11.1 Å². The van der Waals surface area contributed by atoms with Crippen LogP contribution >= 0.6 is 0 Å². The minimum atomic E-state index is -6.60. The van der Waals surface area contributed by atoms with Crippen molar-refractivity contribution < 1.29 is 45.0 Å². The van der Waals surface area contributed by atoms with Crippen molar-refractivity contribution in [2.24, 2.45) is 0 Å². The largest absolute Gasteiger partial charge is 0.485 e. The topological polar surface area (TPSA) is 35.5 Å². The van der Waals surface area contributed by atoms with Crippen molar-refractivity contribution >= 4 is 11.9 Å². The third-order valence-corrected chi connectivity index (χ3v) is 4.93. The molecule has 0 aliphatic heterocycles. The van der Waals surface area contributed by atoms with E-state index in [4.69, 9.17) is 9.47 Å². The summed E-state index contributed by atoms with van der Waals surface area (Å²) in [5, 5.41) is 0. The van der Waals surface area contributed by atoms with E-state index in [1.165, 1.54) is 18.2 Å². The zero-order chi connectivity index (χ0) is 26.4. The summed E-state index contributed by atoms with van der Waals surface area (Å²) in [6.45, 7) is 0.249. The van der Waals surface area contributed by atoms with Crippen LogP contribution in [0.1, 0.15) is 16.7 Å². The van der Waals surface area contributed by atoms with E-state index in [2.05, 4.69) is 0 Å². The Morgan fingerprint density at radius 2 is 1.19 bits per heavy atom. The molecule has 0 bridgehead atoms. The molecule has 0 atom stereocenters. The second kappa shape index (κ2) is 10.8. The Hall–Kier alpha value is -3.82. The normalized spacial score (nSPS) is 12.5. The fourth-order valence-corrected chi connectivity index (χ4v) is 2.94. The summed E-state index contributed by atoms with van der Waals surface area (Å²) in [6.07, 6.45) is -5.93. The van der Waals surface area contributed by atoms with E-state index in [9.17, 15) is 35.5 Å². The van der Waals surface area contributed by atoms with Crippen LogP contribution in [0.3, 0.4) is 0 Å². The van der Waals surface area contributed by atoms with E-state index >= 15 is 0 Å². The number of ether oxygens (including phenoxy) is 2. The molecule has 0 heterocycles. The van der Waals surface area contributed by atoms with Gasteiger partial charge in [0, 0.05) is 0 Å². The summed E-state index contributed by atoms with van der Waals surface area (Å²) in [5.74, 6) is -14.8. The van der Waals surface area contributed by atoms with Crippen molar-refractivity contribution in [1.29, 1.82) is 0 Å². The van der Waals surface area contributed by atoms with Crippen molar-refractivity contribution in [3.8, 4) is 11.5 Å². The summed E-state index contributed by atoms with van der Waals surface area (Å²) < 4.78 is 102. The van der Waals surface area contributed by atoms with Crippen LogP contribution in [0.4, 0.5) is 30.7 Å². The molecule has 36 heavy (non-hydrogen) atoms. The fourth-order valence-electron chi connectivity index (χ4n) is 2.94. The van der Waals surface area contributed by atoms with Gasteiger partial charge in [-0.05, 0) is 34.9 Å². The lowest BCUT2D eigenvalue weighted by atomic mass is 10.1. The van der Waals surface area contributed by atoms with Crippen LogP contribution in [0.25, 0.3) is 6.08 Å². The minimum absolute atomic E-state index is 0.0273. The summed E-state index contributed by atoms with van der Waals surface area (Å²) in [4.78, 5) is 11.6. The molecule has 0 amide bonds. The van der Waals surface area contributed by atoms with Gasteiger partial charge in [-0.25, -0.2) is 0 Å². The van der Waals surface area contributed by atoms with Crippen LogP contribution in [-0.2, 0) is 18.0 Å². The molecule has 0 aliphatic carbocycles. The van der Waals surface area contributed by atoms with Gasteiger partial charge in [-0.15, -0.1) is 0 Å². The predicted octanol–water partition coefficient (Wildman–Crippen LogP) is 7.26. The smallest absolute Gasteiger partial charge is 0.460 e. The standard InChI is InChI=1S/C26H19F7O3/c27-24(28,25(29,30)26(31,32)33)23(34)14-12-18-11-13-21(35-16-19-7-3-1-4-8-19)22(15-18)36-17-20-9-5-2-6-10-20/h1-15H,16-17H2/b14-12+. The van der Waals surface area contributed by atoms with Gasteiger partial charge < -0.3 is 9.47 Å². The highest BCUT2D eigenvalue weighted by molar-refractivity contribution is 5.99. The lowest BCUT2D eigenvalue weighted by Crippen LogP contribution is -2.55. The Morgan fingerprint density at radius 1 is 0.694 bits per heavy atom. The Balaban J connectivity index is 1.83. The molecule has 0 fully saturated rings. The number of hydrogen-bond acceptors (Lipinski definition) is 3. The van der Waals surface area contributed by atoms with Gasteiger partial charge in [-0.1, -0.05) is 72.8 Å². The van der Waals surface area contributed by atoms with Crippen molar-refractivity contribution in [2.45, 2.75) is 31.2 Å². The monoisotopic (exact) mass is 512 g/mol. The third kappa shape index (κ3) is 6.24. The van der Waals surface area contributed by atoms with Gasteiger partial charge in [0.2, 0.25) is 5.78 Å². The Labute approximate surface area is 201 Å². The summed E-state index contributed by atoms with van der Waals surface area (Å²) in [5.41, 5.74) is 1.66. The first-order chi connectivity index (χ1) is 16.9. The zero-order valence-corrected chi connectivity index (χ0v) is 18.4. The summed E-state index contributed by atoms with van der Waals surface area (Å²) >= 11 is 0. The number of benzene rings is 3. The van der Waals surface area contributed by atoms with Crippen LogP contribution in [0.15, 0.2) is 84.9 Å². The fraction of sp³-hybridized carbons (Fsp3) is 0.192. The van der Waals surface area contributed by atoms with E-state index in [0.29, 0.717) is 6.08 Å². The molecule has 0 aliphatic rings. The number of hydrogen-bond donors (Lipinski definition) is 0. The Morgan fingerprint density at radius 3 is 1.69 bits per heavy atom. The minimum Gasteiger partial charge on any atom is -0.485 e. The lowest BCUT2D eigenvalue weighted by Gasteiger charge is -2.26. The molecule has 0 N–H and O–H groups in total. The predicted molar refractivity (Wildman–Crippen MR) is 118 cm³/mol. The van der Waals surface area contributed by atoms with E-state index < -0.39 is 23.8 Å². The van der Waals surface area contributed by atoms with Crippen molar-refractivity contribution in [1.82, 2.24) is 0 Å². The van der Waals surface area contributed by atoms with Crippen LogP contribution in [0.5, 0.6) is 11.5 Å². The Kier molecular flexibility index (Phi) is 8.07. The van der Waals surface area contributed by atoms with E-state index in [1.54, 1.807) is 30.3 Å². The maximum atomic E-state index is 13.6. The van der Waals surface area contributed by atoms with Gasteiger partial charge in [-0.3, -0.25) is 4.79 Å². The second-order valence-corrected chi connectivity index (χ2v) is 7.60. The summed E-state index contributed by atoms with van der Waals surface area (Å²) in [6, 6.07) is 22.0. The number of rotatable bonds is 10. The average Bonchev–Trinajstić information content (AvgIpc) is 2.85. The molecule has 10 heteroatoms. The molecule has 0 radical (unpaired) electrons. The SMILES string of the molecule is O=C(/C=C/c1ccc(OCc2ccccc2)c(OCc2ccccc2)c1)C(F)(F)C(F)(F)C(F)(F)F. The first-order valence-electron chi connectivity index (χ1n) is 10.4. The van der Waals surface area contributed by atoms with Gasteiger partial charge >= 0.3 is 18.0 Å². The molecular formula is C26H19F7O3. The highest BCUT2D eigenvalue weighted by Crippen LogP contribution is 2.47. The molecule has 3 aromatic rings. The number of allylic oxidation sites excluding steroid dienone is 1. The van der Waals surface area contributed by atoms with Crippen molar-refractivity contribution in [2.75, 3.05) is 0 Å². The van der Waals surface area contributed by atoms with Crippen molar-refractivity contribution in [3.63, 3.8) is 0 Å². The van der Waals surface area contributed by atoms with E-state index in [-0.39, 0.29) is 36.4 Å². The van der Waals surface area contributed by atoms with Crippen LogP contribution in [-0.4, -0.2) is 23.8 Å². The van der Waals surface area contributed by atoms with Gasteiger partial charge in [0.15, 0.2) is 11.5 Å². The number of carbonyl (C=O) groups excluding carboxylic acids is 1. The first-order valence-corrected chi connectivity index (χ1v) is 10.4. The number of carbonyl (C=O) groups is 1. The highest BCUT2D eigenvalue weighted by Gasteiger charge is 2.75. The highest BCUT2D eigenvalue weighted by atomic mass is 19.4. The molecule has 0 aromatic heterocycles. The molecule has 0 saturated heterocycles. The van der Waals surface area contributed by atoms with Crippen molar-refractivity contribution in [3.05, 3.63) is 102 Å². The maximum Gasteiger partial charge on any atom is 0.460 e. The summed E-state index contributed by atoms with van der Waals surface area (Å²) in [7, 11) is 0. The van der Waals surface area contributed by atoms with Crippen LogP contribution < -0.4 is 9.47 Å². The molecule has 3 rings (SSSR count). The first kappa shape index (κ1) is 26.8. The molecule has 0 saturated carbocycles. The molecule has 3 nitrogen and oxygen atoms in total. The zero-order valence-electron chi connectivity index (χ0n) is 18.4. The average molecular weight is 512 g/mol. The molecule has 0 spiro atoms.